The average molecular weight is 467 g/mol. The van der Waals surface area contributed by atoms with Crippen molar-refractivity contribution >= 4 is 23.5 Å². The molecule has 0 saturated carbocycles. The number of amides is 1. The zero-order chi connectivity index (χ0) is 23.4. The number of benzene rings is 1. The van der Waals surface area contributed by atoms with Crippen LogP contribution in [0.3, 0.4) is 0 Å². The van der Waals surface area contributed by atoms with Gasteiger partial charge in [0.2, 0.25) is 5.95 Å². The summed E-state index contributed by atoms with van der Waals surface area (Å²) in [6, 6.07) is 12.1. The lowest BCUT2D eigenvalue weighted by molar-refractivity contribution is 0.0946. The molecule has 3 N–H and O–H groups in total. The van der Waals surface area contributed by atoms with Gasteiger partial charge in [-0.15, -0.1) is 0 Å². The summed E-state index contributed by atoms with van der Waals surface area (Å²) < 4.78 is 13.5. The number of hydrogen-bond acceptors (Lipinski definition) is 6. The van der Waals surface area contributed by atoms with Crippen molar-refractivity contribution in [2.75, 3.05) is 13.1 Å². The summed E-state index contributed by atoms with van der Waals surface area (Å²) in [5.41, 5.74) is 4.70. The molecule has 170 valence electrons. The third-order valence-electron chi connectivity index (χ3n) is 5.26. The average Bonchev–Trinajstić information content (AvgIpc) is 3.32. The number of rotatable bonds is 6. The molecule has 7 nitrogen and oxygen atoms in total. The smallest absolute Gasteiger partial charge is 0.270 e. The van der Waals surface area contributed by atoms with Crippen LogP contribution in [0.25, 0.3) is 11.3 Å². The van der Waals surface area contributed by atoms with Crippen molar-refractivity contribution in [2.24, 2.45) is 4.99 Å². The van der Waals surface area contributed by atoms with Gasteiger partial charge in [-0.1, -0.05) is 23.7 Å². The minimum absolute atomic E-state index is 0.264. The van der Waals surface area contributed by atoms with E-state index in [1.807, 2.05) is 31.2 Å². The molecule has 0 unspecified atom stereocenters. The fourth-order valence-corrected chi connectivity index (χ4v) is 3.65. The van der Waals surface area contributed by atoms with E-state index in [1.54, 1.807) is 19.1 Å². The summed E-state index contributed by atoms with van der Waals surface area (Å²) in [6.07, 6.45) is 0. The highest BCUT2D eigenvalue weighted by atomic mass is 35.5. The molecule has 1 aliphatic rings. The van der Waals surface area contributed by atoms with Crippen LogP contribution in [-0.4, -0.2) is 34.9 Å². The van der Waals surface area contributed by atoms with Gasteiger partial charge in [0.25, 0.3) is 5.91 Å². The van der Waals surface area contributed by atoms with Crippen LogP contribution in [-0.2, 0) is 13.1 Å². The molecule has 3 heterocycles. The predicted octanol–water partition coefficient (Wildman–Crippen LogP) is 3.53. The number of aromatic nitrogens is 2. The van der Waals surface area contributed by atoms with E-state index in [9.17, 15) is 9.18 Å². The highest BCUT2D eigenvalue weighted by Crippen LogP contribution is 2.23. The Labute approximate surface area is 196 Å². The van der Waals surface area contributed by atoms with Crippen LogP contribution in [0, 0.1) is 19.8 Å². The molecule has 1 aromatic carbocycles. The Hall–Kier alpha value is -3.52. The normalized spacial score (nSPS) is 12.8. The molecule has 0 saturated heterocycles. The van der Waals surface area contributed by atoms with Gasteiger partial charge in [0.15, 0.2) is 5.96 Å². The number of halogens is 2. The number of nitrogens with one attached hydrogen (secondary N) is 3. The Balaban J connectivity index is 1.59. The van der Waals surface area contributed by atoms with Crippen molar-refractivity contribution in [1.29, 1.82) is 0 Å². The Morgan fingerprint density at radius 3 is 2.67 bits per heavy atom. The van der Waals surface area contributed by atoms with Crippen LogP contribution >= 0.6 is 11.6 Å². The van der Waals surface area contributed by atoms with E-state index < -0.39 is 5.95 Å². The van der Waals surface area contributed by atoms with Crippen molar-refractivity contribution in [3.63, 3.8) is 0 Å². The summed E-state index contributed by atoms with van der Waals surface area (Å²) in [5.74, 6) is -0.150. The number of guanidine groups is 1. The molecule has 9 heteroatoms. The van der Waals surface area contributed by atoms with Gasteiger partial charge in [0.1, 0.15) is 5.69 Å². The number of nitrogens with zero attached hydrogens (tertiary/aromatic N) is 3. The van der Waals surface area contributed by atoms with E-state index >= 15 is 0 Å². The maximum absolute atomic E-state index is 13.5. The number of carbonyl (C=O) groups is 1. The maximum atomic E-state index is 13.5. The van der Waals surface area contributed by atoms with E-state index in [1.165, 1.54) is 6.07 Å². The summed E-state index contributed by atoms with van der Waals surface area (Å²) in [6.45, 7) is 5.94. The van der Waals surface area contributed by atoms with Crippen LogP contribution in [0.1, 0.15) is 32.9 Å². The van der Waals surface area contributed by atoms with Crippen molar-refractivity contribution < 1.29 is 9.18 Å². The Morgan fingerprint density at radius 1 is 1.09 bits per heavy atom. The molecule has 0 spiro atoms. The fraction of sp³-hybridized carbons (Fsp3) is 0.250. The molecular weight excluding hydrogens is 443 g/mol. The highest BCUT2D eigenvalue weighted by Gasteiger charge is 2.15. The molecule has 0 bridgehead atoms. The lowest BCUT2D eigenvalue weighted by Crippen LogP contribution is -2.33. The molecule has 0 atom stereocenters. The van der Waals surface area contributed by atoms with E-state index in [0.29, 0.717) is 35.1 Å². The number of aryl methyl sites for hydroxylation is 2. The van der Waals surface area contributed by atoms with Gasteiger partial charge in [-0.2, -0.15) is 4.39 Å². The number of pyridine rings is 2. The molecule has 1 aliphatic heterocycles. The second-order valence-electron chi connectivity index (χ2n) is 7.79. The maximum Gasteiger partial charge on any atom is 0.270 e. The topological polar surface area (TPSA) is 91.3 Å². The molecule has 0 aliphatic carbocycles. The minimum Gasteiger partial charge on any atom is -0.355 e. The lowest BCUT2D eigenvalue weighted by Gasteiger charge is -2.13. The van der Waals surface area contributed by atoms with Crippen LogP contribution < -0.4 is 16.0 Å². The SMILES string of the molecule is Cc1cc(CNC(=O)c2cc(CNC3=NCCN3)cc(-c3ccc(F)nc3C)n2)ccc1Cl. The minimum atomic E-state index is -0.560. The Bertz CT molecular complexity index is 1230. The molecular formula is C24H24ClFN6O. The largest absolute Gasteiger partial charge is 0.355 e. The van der Waals surface area contributed by atoms with E-state index in [0.717, 1.165) is 35.7 Å². The van der Waals surface area contributed by atoms with Crippen LogP contribution in [0.4, 0.5) is 4.39 Å². The van der Waals surface area contributed by atoms with Gasteiger partial charge in [-0.25, -0.2) is 9.97 Å². The van der Waals surface area contributed by atoms with Gasteiger partial charge in [-0.3, -0.25) is 9.79 Å². The summed E-state index contributed by atoms with van der Waals surface area (Å²) in [5, 5.41) is 9.98. The molecule has 0 radical (unpaired) electrons. The first-order chi connectivity index (χ1) is 15.9. The van der Waals surface area contributed by atoms with Crippen molar-refractivity contribution in [2.45, 2.75) is 26.9 Å². The third kappa shape index (κ3) is 5.64. The first-order valence-electron chi connectivity index (χ1n) is 10.6. The highest BCUT2D eigenvalue weighted by molar-refractivity contribution is 6.31. The van der Waals surface area contributed by atoms with Crippen LogP contribution in [0.2, 0.25) is 5.02 Å². The standard InChI is InChI=1S/C24H24ClFN6O/c1-14-9-16(3-5-19(14)25)12-29-23(33)21-11-17(13-30-24-27-7-8-28-24)10-20(32-21)18-4-6-22(26)31-15(18)2/h3-6,9-11H,7-8,12-13H2,1-2H3,(H,29,33)(H2,27,28,30). The molecule has 2 aromatic heterocycles. The second-order valence-corrected chi connectivity index (χ2v) is 8.20. The van der Waals surface area contributed by atoms with Crippen molar-refractivity contribution in [1.82, 2.24) is 25.9 Å². The van der Waals surface area contributed by atoms with Gasteiger partial charge < -0.3 is 16.0 Å². The second kappa shape index (κ2) is 9.95. The zero-order valence-corrected chi connectivity index (χ0v) is 19.1. The van der Waals surface area contributed by atoms with Crippen LogP contribution in [0.15, 0.2) is 47.5 Å². The quantitative estimate of drug-likeness (QED) is 0.483. The molecule has 0 fully saturated rings. The predicted molar refractivity (Wildman–Crippen MR) is 127 cm³/mol. The fourth-order valence-electron chi connectivity index (χ4n) is 3.54. The molecule has 3 aromatic rings. The monoisotopic (exact) mass is 466 g/mol. The Morgan fingerprint density at radius 2 is 1.94 bits per heavy atom. The van der Waals surface area contributed by atoms with Crippen molar-refractivity contribution in [3.05, 3.63) is 81.5 Å². The van der Waals surface area contributed by atoms with Gasteiger partial charge >= 0.3 is 0 Å². The van der Waals surface area contributed by atoms with E-state index in [4.69, 9.17) is 11.6 Å². The molecule has 33 heavy (non-hydrogen) atoms. The van der Waals surface area contributed by atoms with Crippen molar-refractivity contribution in [3.8, 4) is 11.3 Å². The van der Waals surface area contributed by atoms with E-state index in [2.05, 4.69) is 30.9 Å². The van der Waals surface area contributed by atoms with Gasteiger partial charge in [0.05, 0.1) is 12.2 Å². The number of carbonyl (C=O) groups excluding carboxylic acids is 1. The lowest BCUT2D eigenvalue weighted by atomic mass is 10.1. The van der Waals surface area contributed by atoms with Gasteiger partial charge in [-0.05, 0) is 60.9 Å². The number of hydrogen-bond donors (Lipinski definition) is 3. The van der Waals surface area contributed by atoms with Gasteiger partial charge in [0, 0.05) is 35.9 Å². The summed E-state index contributed by atoms with van der Waals surface area (Å²) in [7, 11) is 0. The third-order valence-corrected chi connectivity index (χ3v) is 5.68. The van der Waals surface area contributed by atoms with Crippen LogP contribution in [0.5, 0.6) is 0 Å². The zero-order valence-electron chi connectivity index (χ0n) is 18.4. The first kappa shape index (κ1) is 22.7. The molecule has 1 amide bonds. The summed E-state index contributed by atoms with van der Waals surface area (Å²) >= 11 is 6.09. The number of aliphatic imine (C=N–C) groups is 1. The summed E-state index contributed by atoms with van der Waals surface area (Å²) in [4.78, 5) is 25.7. The first-order valence-corrected chi connectivity index (χ1v) is 11.0. The molecule has 4 rings (SSSR count). The Kier molecular flexibility index (Phi) is 6.84. The van der Waals surface area contributed by atoms with E-state index in [-0.39, 0.29) is 11.6 Å².